The van der Waals surface area contributed by atoms with Crippen molar-refractivity contribution < 1.29 is 4.79 Å². The lowest BCUT2D eigenvalue weighted by Gasteiger charge is -2.27. The molecule has 2 aliphatic carbocycles. The van der Waals surface area contributed by atoms with Crippen LogP contribution < -0.4 is 10.9 Å². The van der Waals surface area contributed by atoms with Gasteiger partial charge in [0.05, 0.1) is 5.56 Å². The largest absolute Gasteiger partial charge is 0.349 e. The fraction of sp³-hybridized carbons (Fsp3) is 0.450. The minimum Gasteiger partial charge on any atom is -0.349 e. The number of aryl methyl sites for hydroxylation is 1. The molecule has 2 heterocycles. The molecule has 0 aromatic carbocycles. The minimum absolute atomic E-state index is 0.0766. The van der Waals surface area contributed by atoms with Gasteiger partial charge < -0.3 is 9.88 Å². The Kier molecular flexibility index (Phi) is 4.15. The Bertz CT molecular complexity index is 850. The van der Waals surface area contributed by atoms with Gasteiger partial charge in [0.2, 0.25) is 0 Å². The van der Waals surface area contributed by atoms with Gasteiger partial charge in [0.15, 0.2) is 0 Å². The van der Waals surface area contributed by atoms with Crippen molar-refractivity contribution in [2.24, 2.45) is 5.92 Å². The zero-order valence-electron chi connectivity index (χ0n) is 14.5. The standard InChI is InChI=1S/C20H23N3O2/c1-13-2-5-16(11-21-13)20(25)22-17-7-8-18-15(10-17)6-9-19(24)23(18)12-14-3-4-14/h2,5-6,9,11,14,17H,3-4,7-8,10,12H2,1H3,(H,22,25)/t17-/m0/s1. The van der Waals surface area contributed by atoms with E-state index in [4.69, 9.17) is 0 Å². The van der Waals surface area contributed by atoms with Crippen molar-refractivity contribution in [3.63, 3.8) is 0 Å². The van der Waals surface area contributed by atoms with Crippen molar-refractivity contribution in [3.8, 4) is 0 Å². The van der Waals surface area contributed by atoms with Crippen molar-refractivity contribution >= 4 is 5.91 Å². The Hall–Kier alpha value is -2.43. The molecule has 0 radical (unpaired) electrons. The van der Waals surface area contributed by atoms with Crippen LogP contribution in [0, 0.1) is 12.8 Å². The number of amides is 1. The summed E-state index contributed by atoms with van der Waals surface area (Å²) in [4.78, 5) is 28.8. The average molecular weight is 337 g/mol. The van der Waals surface area contributed by atoms with Crippen LogP contribution in [0.25, 0.3) is 0 Å². The summed E-state index contributed by atoms with van der Waals surface area (Å²) >= 11 is 0. The quantitative estimate of drug-likeness (QED) is 0.931. The third-order valence-electron chi connectivity index (χ3n) is 5.23. The highest BCUT2D eigenvalue weighted by Crippen LogP contribution is 2.31. The first-order valence-electron chi connectivity index (χ1n) is 9.05. The van der Waals surface area contributed by atoms with Crippen LogP contribution in [0.3, 0.4) is 0 Å². The van der Waals surface area contributed by atoms with E-state index in [1.165, 1.54) is 24.1 Å². The fourth-order valence-electron chi connectivity index (χ4n) is 3.58. The van der Waals surface area contributed by atoms with Crippen molar-refractivity contribution in [3.05, 3.63) is 63.3 Å². The zero-order chi connectivity index (χ0) is 17.4. The Morgan fingerprint density at radius 2 is 2.08 bits per heavy atom. The number of nitrogens with zero attached hydrogens (tertiary/aromatic N) is 2. The Balaban J connectivity index is 1.48. The number of nitrogens with one attached hydrogen (secondary N) is 1. The third-order valence-corrected chi connectivity index (χ3v) is 5.23. The highest BCUT2D eigenvalue weighted by molar-refractivity contribution is 5.94. The van der Waals surface area contributed by atoms with E-state index in [9.17, 15) is 9.59 Å². The first-order valence-corrected chi connectivity index (χ1v) is 9.05. The molecule has 1 fully saturated rings. The minimum atomic E-state index is -0.0766. The maximum absolute atomic E-state index is 12.4. The SMILES string of the molecule is Cc1ccc(C(=O)N[C@H]2CCc3c(ccc(=O)n3CC3CC3)C2)cn1. The van der Waals surface area contributed by atoms with Gasteiger partial charge in [-0.05, 0) is 62.6 Å². The normalized spacial score (nSPS) is 19.3. The summed E-state index contributed by atoms with van der Waals surface area (Å²) in [5.74, 6) is 0.600. The second-order valence-corrected chi connectivity index (χ2v) is 7.30. The highest BCUT2D eigenvalue weighted by atomic mass is 16.1. The summed E-state index contributed by atoms with van der Waals surface area (Å²) in [5, 5.41) is 3.12. The van der Waals surface area contributed by atoms with Crippen LogP contribution in [-0.4, -0.2) is 21.5 Å². The number of hydrogen-bond acceptors (Lipinski definition) is 3. The highest BCUT2D eigenvalue weighted by Gasteiger charge is 2.27. The topological polar surface area (TPSA) is 64.0 Å². The molecule has 1 saturated carbocycles. The van der Waals surface area contributed by atoms with Gasteiger partial charge in [-0.1, -0.05) is 6.07 Å². The lowest BCUT2D eigenvalue weighted by molar-refractivity contribution is 0.0933. The van der Waals surface area contributed by atoms with E-state index >= 15 is 0 Å². The molecular weight excluding hydrogens is 314 g/mol. The maximum Gasteiger partial charge on any atom is 0.253 e. The number of rotatable bonds is 4. The fourth-order valence-corrected chi connectivity index (χ4v) is 3.58. The molecule has 2 aromatic heterocycles. The van der Waals surface area contributed by atoms with Crippen LogP contribution in [0.4, 0.5) is 0 Å². The Morgan fingerprint density at radius 3 is 2.80 bits per heavy atom. The monoisotopic (exact) mass is 337 g/mol. The number of hydrogen-bond donors (Lipinski definition) is 1. The van der Waals surface area contributed by atoms with Crippen LogP contribution in [0.5, 0.6) is 0 Å². The number of carbonyl (C=O) groups is 1. The van der Waals surface area contributed by atoms with Gasteiger partial charge in [0, 0.05) is 36.2 Å². The van der Waals surface area contributed by atoms with Gasteiger partial charge in [-0.2, -0.15) is 0 Å². The van der Waals surface area contributed by atoms with Crippen LogP contribution in [0.1, 0.15) is 46.6 Å². The van der Waals surface area contributed by atoms with Gasteiger partial charge in [-0.25, -0.2) is 0 Å². The van der Waals surface area contributed by atoms with E-state index in [1.807, 2.05) is 29.7 Å². The molecule has 2 aromatic rings. The molecule has 1 atom stereocenters. The van der Waals surface area contributed by atoms with Gasteiger partial charge in [0.25, 0.3) is 11.5 Å². The van der Waals surface area contributed by atoms with Crippen LogP contribution in [0.2, 0.25) is 0 Å². The van der Waals surface area contributed by atoms with Crippen LogP contribution in [0.15, 0.2) is 35.3 Å². The number of aromatic nitrogens is 2. The van der Waals surface area contributed by atoms with Crippen molar-refractivity contribution in [2.75, 3.05) is 0 Å². The summed E-state index contributed by atoms with van der Waals surface area (Å²) in [5.41, 5.74) is 3.96. The van der Waals surface area contributed by atoms with Gasteiger partial charge in [-0.3, -0.25) is 14.6 Å². The molecule has 2 aliphatic rings. The summed E-state index contributed by atoms with van der Waals surface area (Å²) in [7, 11) is 0. The second-order valence-electron chi connectivity index (χ2n) is 7.30. The van der Waals surface area contributed by atoms with E-state index in [2.05, 4.69) is 10.3 Å². The molecule has 0 spiro atoms. The predicted molar refractivity (Wildman–Crippen MR) is 95.7 cm³/mol. The third kappa shape index (κ3) is 3.50. The van der Waals surface area contributed by atoms with Crippen molar-refractivity contribution in [1.29, 1.82) is 0 Å². The molecule has 130 valence electrons. The summed E-state index contributed by atoms with van der Waals surface area (Å²) < 4.78 is 1.97. The molecule has 1 N–H and O–H groups in total. The molecule has 4 rings (SSSR count). The molecule has 5 heteroatoms. The molecule has 1 amide bonds. The first-order chi connectivity index (χ1) is 12.1. The van der Waals surface area contributed by atoms with E-state index in [1.54, 1.807) is 12.3 Å². The van der Waals surface area contributed by atoms with E-state index in [0.717, 1.165) is 31.5 Å². The molecule has 0 aliphatic heterocycles. The smallest absolute Gasteiger partial charge is 0.253 e. The predicted octanol–water partition coefficient (Wildman–Crippen LogP) is 2.25. The molecule has 5 nitrogen and oxygen atoms in total. The Labute approximate surface area is 147 Å². The van der Waals surface area contributed by atoms with E-state index in [-0.39, 0.29) is 17.5 Å². The first kappa shape index (κ1) is 16.1. The summed E-state index contributed by atoms with van der Waals surface area (Å²) in [6.07, 6.45) is 6.58. The molecular formula is C20H23N3O2. The maximum atomic E-state index is 12.4. The lowest BCUT2D eigenvalue weighted by Crippen LogP contribution is -2.40. The van der Waals surface area contributed by atoms with E-state index in [0.29, 0.717) is 11.5 Å². The number of carbonyl (C=O) groups excluding carboxylic acids is 1. The molecule has 25 heavy (non-hydrogen) atoms. The van der Waals surface area contributed by atoms with Crippen molar-refractivity contribution in [2.45, 2.75) is 51.6 Å². The summed E-state index contributed by atoms with van der Waals surface area (Å²) in [6, 6.07) is 7.37. The Morgan fingerprint density at radius 1 is 1.24 bits per heavy atom. The molecule has 0 unspecified atom stereocenters. The van der Waals surface area contributed by atoms with E-state index < -0.39 is 0 Å². The van der Waals surface area contributed by atoms with Gasteiger partial charge in [-0.15, -0.1) is 0 Å². The number of fused-ring (bicyclic) bond motifs is 1. The average Bonchev–Trinajstić information content (AvgIpc) is 3.42. The summed E-state index contributed by atoms with van der Waals surface area (Å²) in [6.45, 7) is 2.76. The molecule has 0 bridgehead atoms. The van der Waals surface area contributed by atoms with Crippen molar-refractivity contribution in [1.82, 2.24) is 14.9 Å². The number of pyridine rings is 2. The second kappa shape index (κ2) is 6.47. The van der Waals surface area contributed by atoms with Crippen LogP contribution >= 0.6 is 0 Å². The van der Waals surface area contributed by atoms with Crippen LogP contribution in [-0.2, 0) is 19.4 Å². The lowest BCUT2D eigenvalue weighted by atomic mass is 9.91. The van der Waals surface area contributed by atoms with Gasteiger partial charge >= 0.3 is 0 Å². The van der Waals surface area contributed by atoms with Gasteiger partial charge in [0.1, 0.15) is 0 Å². The zero-order valence-corrected chi connectivity index (χ0v) is 14.5. The molecule has 0 saturated heterocycles.